The zero-order valence-electron chi connectivity index (χ0n) is 7.96. The van der Waals surface area contributed by atoms with Crippen molar-refractivity contribution < 1.29 is 9.18 Å². The zero-order chi connectivity index (χ0) is 10.6. The summed E-state index contributed by atoms with van der Waals surface area (Å²) in [4.78, 5) is 10.5. The van der Waals surface area contributed by atoms with Crippen LogP contribution in [0, 0.1) is 5.82 Å². The van der Waals surface area contributed by atoms with E-state index in [0.717, 1.165) is 5.56 Å². The summed E-state index contributed by atoms with van der Waals surface area (Å²) in [7, 11) is 0. The average molecular weight is 196 g/mol. The molecule has 1 amide bonds. The van der Waals surface area contributed by atoms with Gasteiger partial charge in [0.1, 0.15) is 5.82 Å². The SMILES string of the molecule is CC(NCC(N)=O)c1ccc(F)cc1. The largest absolute Gasteiger partial charge is 0.369 e. The van der Waals surface area contributed by atoms with E-state index in [9.17, 15) is 9.18 Å². The van der Waals surface area contributed by atoms with Gasteiger partial charge in [0.15, 0.2) is 0 Å². The minimum atomic E-state index is -0.404. The summed E-state index contributed by atoms with van der Waals surface area (Å²) in [6.45, 7) is 2.01. The van der Waals surface area contributed by atoms with Crippen LogP contribution < -0.4 is 11.1 Å². The minimum absolute atomic E-state index is 0.0110. The topological polar surface area (TPSA) is 55.1 Å². The molecule has 0 bridgehead atoms. The fourth-order valence-electron chi connectivity index (χ4n) is 1.12. The summed E-state index contributed by atoms with van der Waals surface area (Å²) in [6, 6.07) is 6.11. The molecule has 1 aromatic rings. The Hall–Kier alpha value is -1.42. The van der Waals surface area contributed by atoms with Crippen LogP contribution in [0.25, 0.3) is 0 Å². The molecular formula is C10H13FN2O. The van der Waals surface area contributed by atoms with Gasteiger partial charge in [-0.2, -0.15) is 0 Å². The van der Waals surface area contributed by atoms with Gasteiger partial charge in [0.05, 0.1) is 6.54 Å². The van der Waals surface area contributed by atoms with E-state index in [4.69, 9.17) is 5.73 Å². The predicted octanol–water partition coefficient (Wildman–Crippen LogP) is 0.962. The normalized spacial score (nSPS) is 12.4. The van der Waals surface area contributed by atoms with Crippen molar-refractivity contribution in [2.24, 2.45) is 5.73 Å². The van der Waals surface area contributed by atoms with Gasteiger partial charge in [-0.05, 0) is 24.6 Å². The van der Waals surface area contributed by atoms with E-state index in [1.165, 1.54) is 12.1 Å². The first kappa shape index (κ1) is 10.7. The number of benzene rings is 1. The van der Waals surface area contributed by atoms with Gasteiger partial charge < -0.3 is 11.1 Å². The van der Waals surface area contributed by atoms with E-state index in [2.05, 4.69) is 5.32 Å². The Morgan fingerprint density at radius 2 is 2.07 bits per heavy atom. The number of hydrogen-bond acceptors (Lipinski definition) is 2. The molecule has 1 atom stereocenters. The fraction of sp³-hybridized carbons (Fsp3) is 0.300. The molecule has 76 valence electrons. The Kier molecular flexibility index (Phi) is 3.59. The monoisotopic (exact) mass is 196 g/mol. The van der Waals surface area contributed by atoms with Crippen molar-refractivity contribution in [2.75, 3.05) is 6.54 Å². The lowest BCUT2D eigenvalue weighted by molar-refractivity contribution is -0.117. The highest BCUT2D eigenvalue weighted by molar-refractivity contribution is 5.75. The second-order valence-corrected chi connectivity index (χ2v) is 3.12. The molecule has 0 saturated heterocycles. The van der Waals surface area contributed by atoms with Crippen LogP contribution in [0.1, 0.15) is 18.5 Å². The molecule has 0 aliphatic heterocycles. The highest BCUT2D eigenvalue weighted by Crippen LogP contribution is 2.11. The van der Waals surface area contributed by atoms with Crippen LogP contribution in [0.4, 0.5) is 4.39 Å². The van der Waals surface area contributed by atoms with Crippen molar-refractivity contribution in [3.8, 4) is 0 Å². The number of hydrogen-bond donors (Lipinski definition) is 2. The fourth-order valence-corrected chi connectivity index (χ4v) is 1.12. The zero-order valence-corrected chi connectivity index (χ0v) is 7.96. The summed E-state index contributed by atoms with van der Waals surface area (Å²) >= 11 is 0. The van der Waals surface area contributed by atoms with E-state index < -0.39 is 5.91 Å². The van der Waals surface area contributed by atoms with E-state index >= 15 is 0 Å². The smallest absolute Gasteiger partial charge is 0.231 e. The molecule has 0 aliphatic carbocycles. The lowest BCUT2D eigenvalue weighted by atomic mass is 10.1. The Labute approximate surface area is 82.1 Å². The lowest BCUT2D eigenvalue weighted by Crippen LogP contribution is -2.30. The molecule has 0 spiro atoms. The Morgan fingerprint density at radius 3 is 2.57 bits per heavy atom. The molecule has 0 aliphatic rings. The van der Waals surface area contributed by atoms with Crippen LogP contribution in [0.3, 0.4) is 0 Å². The highest BCUT2D eigenvalue weighted by Gasteiger charge is 2.05. The third-order valence-corrected chi connectivity index (χ3v) is 1.95. The van der Waals surface area contributed by atoms with Crippen LogP contribution in [0.15, 0.2) is 24.3 Å². The summed E-state index contributed by atoms with van der Waals surface area (Å²) in [5, 5.41) is 2.92. The minimum Gasteiger partial charge on any atom is -0.369 e. The molecule has 0 fully saturated rings. The lowest BCUT2D eigenvalue weighted by Gasteiger charge is -2.12. The molecule has 4 heteroatoms. The van der Waals surface area contributed by atoms with Crippen LogP contribution in [0.5, 0.6) is 0 Å². The molecule has 0 saturated carbocycles. The first-order valence-electron chi connectivity index (χ1n) is 4.36. The summed E-state index contributed by atoms with van der Waals surface area (Å²) in [5.41, 5.74) is 5.91. The number of primary amides is 1. The second-order valence-electron chi connectivity index (χ2n) is 3.12. The standard InChI is InChI=1S/C10H13FN2O/c1-7(13-6-10(12)14)8-2-4-9(11)5-3-8/h2-5,7,13H,6H2,1H3,(H2,12,14). The summed E-state index contributed by atoms with van der Waals surface area (Å²) in [5.74, 6) is -0.671. The van der Waals surface area contributed by atoms with E-state index in [1.54, 1.807) is 12.1 Å². The average Bonchev–Trinajstić information content (AvgIpc) is 2.15. The number of halogens is 1. The van der Waals surface area contributed by atoms with Crippen molar-refractivity contribution in [3.63, 3.8) is 0 Å². The molecule has 1 rings (SSSR count). The molecule has 3 nitrogen and oxygen atoms in total. The van der Waals surface area contributed by atoms with Crippen molar-refractivity contribution in [3.05, 3.63) is 35.6 Å². The van der Waals surface area contributed by atoms with Gasteiger partial charge in [-0.25, -0.2) is 4.39 Å². The van der Waals surface area contributed by atoms with E-state index in [0.29, 0.717) is 0 Å². The Morgan fingerprint density at radius 1 is 1.50 bits per heavy atom. The summed E-state index contributed by atoms with van der Waals surface area (Å²) in [6.07, 6.45) is 0. The van der Waals surface area contributed by atoms with Crippen LogP contribution in [-0.2, 0) is 4.79 Å². The van der Waals surface area contributed by atoms with Crippen LogP contribution >= 0.6 is 0 Å². The number of carbonyl (C=O) groups is 1. The van der Waals surface area contributed by atoms with Crippen molar-refractivity contribution in [1.29, 1.82) is 0 Å². The van der Waals surface area contributed by atoms with Crippen molar-refractivity contribution >= 4 is 5.91 Å². The first-order chi connectivity index (χ1) is 6.59. The van der Waals surface area contributed by atoms with Gasteiger partial charge >= 0.3 is 0 Å². The maximum atomic E-state index is 12.6. The van der Waals surface area contributed by atoms with Gasteiger partial charge in [-0.1, -0.05) is 12.1 Å². The van der Waals surface area contributed by atoms with E-state index in [-0.39, 0.29) is 18.4 Å². The number of amides is 1. The third kappa shape index (κ3) is 3.14. The van der Waals surface area contributed by atoms with E-state index in [1.807, 2.05) is 6.92 Å². The van der Waals surface area contributed by atoms with Crippen molar-refractivity contribution in [2.45, 2.75) is 13.0 Å². The Bertz CT molecular complexity index is 310. The first-order valence-corrected chi connectivity index (χ1v) is 4.36. The number of rotatable bonds is 4. The quantitative estimate of drug-likeness (QED) is 0.753. The molecule has 0 radical (unpaired) electrons. The molecule has 1 unspecified atom stereocenters. The molecule has 0 aromatic heterocycles. The number of nitrogens with two attached hydrogens (primary N) is 1. The van der Waals surface area contributed by atoms with Gasteiger partial charge in [-0.15, -0.1) is 0 Å². The van der Waals surface area contributed by atoms with Crippen molar-refractivity contribution in [1.82, 2.24) is 5.32 Å². The van der Waals surface area contributed by atoms with Gasteiger partial charge in [-0.3, -0.25) is 4.79 Å². The third-order valence-electron chi connectivity index (χ3n) is 1.95. The highest BCUT2D eigenvalue weighted by atomic mass is 19.1. The molecule has 1 aromatic carbocycles. The van der Waals surface area contributed by atoms with Gasteiger partial charge in [0, 0.05) is 6.04 Å². The van der Waals surface area contributed by atoms with Crippen LogP contribution in [0.2, 0.25) is 0 Å². The van der Waals surface area contributed by atoms with Crippen LogP contribution in [-0.4, -0.2) is 12.5 Å². The Balaban J connectivity index is 2.56. The molecule has 0 heterocycles. The maximum absolute atomic E-state index is 12.6. The second kappa shape index (κ2) is 4.72. The molecule has 3 N–H and O–H groups in total. The van der Waals surface area contributed by atoms with Gasteiger partial charge in [0.2, 0.25) is 5.91 Å². The number of carbonyl (C=O) groups excluding carboxylic acids is 1. The maximum Gasteiger partial charge on any atom is 0.231 e. The predicted molar refractivity (Wildman–Crippen MR) is 52.0 cm³/mol. The molecular weight excluding hydrogens is 183 g/mol. The molecule has 14 heavy (non-hydrogen) atoms. The summed E-state index contributed by atoms with van der Waals surface area (Å²) < 4.78 is 12.6. The number of nitrogens with one attached hydrogen (secondary N) is 1. The van der Waals surface area contributed by atoms with Gasteiger partial charge in [0.25, 0.3) is 0 Å².